The number of likely N-dealkylation sites (N-methyl/N-ethyl adjacent to an activating group) is 1. The molecule has 0 spiro atoms. The number of likely N-dealkylation sites (tertiary alicyclic amines) is 1. The number of aromatic nitrogens is 3. The van der Waals surface area contributed by atoms with Crippen LogP contribution in [-0.4, -0.2) is 46.2 Å². The first-order valence-electron chi connectivity index (χ1n) is 6.49. The van der Waals surface area contributed by atoms with Crippen LogP contribution in [0.5, 0.6) is 0 Å². The summed E-state index contributed by atoms with van der Waals surface area (Å²) in [5.41, 5.74) is 0.743. The van der Waals surface area contributed by atoms with E-state index in [2.05, 4.69) is 25.3 Å². The SMILES string of the molecule is CNC1CCN(Cc2nc(-c3ccccn3)no2)C1. The fourth-order valence-electron chi connectivity index (χ4n) is 2.32. The number of hydrogen-bond donors (Lipinski definition) is 1. The van der Waals surface area contributed by atoms with E-state index in [9.17, 15) is 0 Å². The number of pyridine rings is 1. The number of hydrogen-bond acceptors (Lipinski definition) is 6. The molecule has 3 heterocycles. The predicted molar refractivity (Wildman–Crippen MR) is 70.3 cm³/mol. The van der Waals surface area contributed by atoms with Crippen LogP contribution >= 0.6 is 0 Å². The fourth-order valence-corrected chi connectivity index (χ4v) is 2.32. The lowest BCUT2D eigenvalue weighted by molar-refractivity contribution is 0.263. The molecule has 1 N–H and O–H groups in total. The van der Waals surface area contributed by atoms with E-state index in [0.29, 0.717) is 24.3 Å². The molecule has 2 aromatic heterocycles. The van der Waals surface area contributed by atoms with Crippen molar-refractivity contribution in [3.05, 3.63) is 30.3 Å². The van der Waals surface area contributed by atoms with Crippen molar-refractivity contribution in [1.82, 2.24) is 25.3 Å². The topological polar surface area (TPSA) is 67.1 Å². The Morgan fingerprint density at radius 1 is 1.47 bits per heavy atom. The molecule has 6 heteroatoms. The summed E-state index contributed by atoms with van der Waals surface area (Å²) in [6.45, 7) is 2.79. The highest BCUT2D eigenvalue weighted by Gasteiger charge is 2.22. The van der Waals surface area contributed by atoms with Gasteiger partial charge in [0, 0.05) is 25.3 Å². The third kappa shape index (κ3) is 2.80. The molecule has 1 fully saturated rings. The molecule has 1 aliphatic rings. The maximum absolute atomic E-state index is 5.29. The third-order valence-corrected chi connectivity index (χ3v) is 3.40. The van der Waals surface area contributed by atoms with Crippen LogP contribution in [0.3, 0.4) is 0 Å². The van der Waals surface area contributed by atoms with Gasteiger partial charge in [-0.05, 0) is 25.6 Å². The summed E-state index contributed by atoms with van der Waals surface area (Å²) < 4.78 is 5.29. The van der Waals surface area contributed by atoms with Gasteiger partial charge in [-0.2, -0.15) is 4.98 Å². The average Bonchev–Trinajstić information content (AvgIpc) is 3.09. The van der Waals surface area contributed by atoms with Crippen molar-refractivity contribution in [2.24, 2.45) is 0 Å². The molecule has 2 aromatic rings. The molecule has 0 radical (unpaired) electrons. The lowest BCUT2D eigenvalue weighted by Crippen LogP contribution is -2.29. The van der Waals surface area contributed by atoms with Crippen molar-refractivity contribution in [2.75, 3.05) is 20.1 Å². The van der Waals surface area contributed by atoms with E-state index < -0.39 is 0 Å². The molecule has 1 saturated heterocycles. The Hall–Kier alpha value is -1.79. The lowest BCUT2D eigenvalue weighted by Gasteiger charge is -2.12. The normalized spacial score (nSPS) is 19.9. The number of nitrogens with one attached hydrogen (secondary N) is 1. The fraction of sp³-hybridized carbons (Fsp3) is 0.462. The van der Waals surface area contributed by atoms with Crippen molar-refractivity contribution in [2.45, 2.75) is 19.0 Å². The van der Waals surface area contributed by atoms with Crippen LogP contribution in [0.4, 0.5) is 0 Å². The molecular weight excluding hydrogens is 242 g/mol. The molecule has 6 nitrogen and oxygen atoms in total. The molecule has 1 unspecified atom stereocenters. The molecule has 0 saturated carbocycles. The molecule has 19 heavy (non-hydrogen) atoms. The zero-order valence-electron chi connectivity index (χ0n) is 10.9. The Bertz CT molecular complexity index is 527. The minimum atomic E-state index is 0.556. The number of rotatable bonds is 4. The summed E-state index contributed by atoms with van der Waals surface area (Å²) in [5.74, 6) is 1.21. The summed E-state index contributed by atoms with van der Waals surface area (Å²) in [7, 11) is 2.00. The zero-order valence-corrected chi connectivity index (χ0v) is 10.9. The van der Waals surface area contributed by atoms with E-state index in [4.69, 9.17) is 4.52 Å². The van der Waals surface area contributed by atoms with E-state index in [1.165, 1.54) is 0 Å². The zero-order chi connectivity index (χ0) is 13.1. The van der Waals surface area contributed by atoms with Crippen molar-refractivity contribution in [3.8, 4) is 11.5 Å². The van der Waals surface area contributed by atoms with Crippen molar-refractivity contribution < 1.29 is 4.52 Å². The Balaban J connectivity index is 1.66. The van der Waals surface area contributed by atoms with E-state index in [1.54, 1.807) is 6.20 Å². The van der Waals surface area contributed by atoms with Gasteiger partial charge in [0.2, 0.25) is 11.7 Å². The minimum absolute atomic E-state index is 0.556. The van der Waals surface area contributed by atoms with Gasteiger partial charge in [-0.3, -0.25) is 9.88 Å². The monoisotopic (exact) mass is 259 g/mol. The van der Waals surface area contributed by atoms with Gasteiger partial charge in [0.05, 0.1) is 6.54 Å². The molecule has 0 aliphatic carbocycles. The second-order valence-corrected chi connectivity index (χ2v) is 4.74. The molecule has 0 aromatic carbocycles. The van der Waals surface area contributed by atoms with E-state index >= 15 is 0 Å². The van der Waals surface area contributed by atoms with Crippen molar-refractivity contribution in [1.29, 1.82) is 0 Å². The first kappa shape index (κ1) is 12.3. The second-order valence-electron chi connectivity index (χ2n) is 4.74. The van der Waals surface area contributed by atoms with Crippen LogP contribution in [0.15, 0.2) is 28.9 Å². The molecule has 1 aliphatic heterocycles. The molecule has 3 rings (SSSR count). The van der Waals surface area contributed by atoms with Gasteiger partial charge in [0.25, 0.3) is 0 Å². The summed E-state index contributed by atoms with van der Waals surface area (Å²) in [6, 6.07) is 6.22. The van der Waals surface area contributed by atoms with Gasteiger partial charge in [0.15, 0.2) is 0 Å². The van der Waals surface area contributed by atoms with Gasteiger partial charge in [-0.25, -0.2) is 0 Å². The van der Waals surface area contributed by atoms with Crippen LogP contribution in [0.25, 0.3) is 11.5 Å². The van der Waals surface area contributed by atoms with Gasteiger partial charge >= 0.3 is 0 Å². The standard InChI is InChI=1S/C13H17N5O/c1-14-10-5-7-18(8-10)9-12-16-13(17-19-12)11-4-2-3-6-15-11/h2-4,6,10,14H,5,7-9H2,1H3. The average molecular weight is 259 g/mol. The second kappa shape index (κ2) is 5.46. The number of nitrogens with zero attached hydrogens (tertiary/aromatic N) is 4. The van der Waals surface area contributed by atoms with E-state index in [-0.39, 0.29) is 0 Å². The first-order valence-corrected chi connectivity index (χ1v) is 6.49. The van der Waals surface area contributed by atoms with Crippen molar-refractivity contribution >= 4 is 0 Å². The smallest absolute Gasteiger partial charge is 0.241 e. The predicted octanol–water partition coefficient (Wildman–Crippen LogP) is 0.925. The summed E-state index contributed by atoms with van der Waals surface area (Å²) in [6.07, 6.45) is 2.89. The van der Waals surface area contributed by atoms with Crippen LogP contribution in [0.1, 0.15) is 12.3 Å². The Morgan fingerprint density at radius 3 is 3.16 bits per heavy atom. The highest BCUT2D eigenvalue weighted by Crippen LogP contribution is 2.15. The highest BCUT2D eigenvalue weighted by atomic mass is 16.5. The minimum Gasteiger partial charge on any atom is -0.337 e. The maximum Gasteiger partial charge on any atom is 0.241 e. The summed E-state index contributed by atoms with van der Waals surface area (Å²) >= 11 is 0. The third-order valence-electron chi connectivity index (χ3n) is 3.40. The quantitative estimate of drug-likeness (QED) is 0.881. The van der Waals surface area contributed by atoms with E-state index in [1.807, 2.05) is 25.2 Å². The van der Waals surface area contributed by atoms with Gasteiger partial charge in [0.1, 0.15) is 5.69 Å². The summed E-state index contributed by atoms with van der Waals surface area (Å²) in [5, 5.41) is 7.27. The van der Waals surface area contributed by atoms with Crippen LogP contribution in [0, 0.1) is 0 Å². The first-order chi connectivity index (χ1) is 9.35. The van der Waals surface area contributed by atoms with Crippen LogP contribution < -0.4 is 5.32 Å². The van der Waals surface area contributed by atoms with Gasteiger partial charge < -0.3 is 9.84 Å². The molecule has 0 amide bonds. The Kier molecular flexibility index (Phi) is 3.52. The van der Waals surface area contributed by atoms with Crippen LogP contribution in [0.2, 0.25) is 0 Å². The van der Waals surface area contributed by atoms with Gasteiger partial charge in [-0.15, -0.1) is 0 Å². The van der Waals surface area contributed by atoms with E-state index in [0.717, 1.165) is 25.2 Å². The van der Waals surface area contributed by atoms with Gasteiger partial charge in [-0.1, -0.05) is 11.2 Å². The summed E-state index contributed by atoms with van der Waals surface area (Å²) in [4.78, 5) is 10.9. The molecular formula is C13H17N5O. The Morgan fingerprint density at radius 2 is 2.42 bits per heavy atom. The lowest BCUT2D eigenvalue weighted by atomic mass is 10.3. The molecule has 100 valence electrons. The Labute approximate surface area is 111 Å². The highest BCUT2D eigenvalue weighted by molar-refractivity contribution is 5.46. The molecule has 1 atom stereocenters. The van der Waals surface area contributed by atoms with Crippen LogP contribution in [-0.2, 0) is 6.54 Å². The van der Waals surface area contributed by atoms with Crippen molar-refractivity contribution in [3.63, 3.8) is 0 Å². The largest absolute Gasteiger partial charge is 0.337 e. The molecule has 0 bridgehead atoms. The maximum atomic E-state index is 5.29.